The van der Waals surface area contributed by atoms with Crippen molar-refractivity contribution >= 4 is 15.7 Å². The number of ether oxygens (including phenoxy) is 1. The van der Waals surface area contributed by atoms with E-state index in [1.807, 2.05) is 31.2 Å². The molecule has 110 valence electrons. The topological polar surface area (TPSA) is 46.6 Å². The molecule has 1 aliphatic rings. The molecule has 2 aromatic rings. The summed E-state index contributed by atoms with van der Waals surface area (Å²) in [5.74, 6) is 0.556. The smallest absolute Gasteiger partial charge is 0.268 e. The number of sulfonamides is 1. The molecule has 3 rings (SSSR count). The lowest BCUT2D eigenvalue weighted by Crippen LogP contribution is -2.30. The molecule has 0 fully saturated rings. The number of rotatable bonds is 3. The maximum atomic E-state index is 13.0. The van der Waals surface area contributed by atoms with Gasteiger partial charge in [-0.15, -0.1) is 0 Å². The third-order valence-electron chi connectivity index (χ3n) is 3.81. The molecule has 0 N–H and O–H groups in total. The van der Waals surface area contributed by atoms with Crippen LogP contribution in [0.2, 0.25) is 0 Å². The predicted octanol–water partition coefficient (Wildman–Crippen LogP) is 3.01. The van der Waals surface area contributed by atoms with Crippen LogP contribution in [0.3, 0.4) is 0 Å². The molecule has 0 amide bonds. The van der Waals surface area contributed by atoms with E-state index in [-0.39, 0.29) is 10.8 Å². The van der Waals surface area contributed by atoms with E-state index in [1.165, 1.54) is 11.4 Å². The van der Waals surface area contributed by atoms with Crippen LogP contribution in [0.25, 0.3) is 0 Å². The lowest BCUT2D eigenvalue weighted by molar-refractivity contribution is 0.402. The van der Waals surface area contributed by atoms with Gasteiger partial charge in [0.2, 0.25) is 0 Å². The molecular formula is C16H17NO3S. The van der Waals surface area contributed by atoms with E-state index in [2.05, 4.69) is 0 Å². The number of hydrogen-bond donors (Lipinski definition) is 0. The number of fused-ring (bicyclic) bond motifs is 1. The van der Waals surface area contributed by atoms with Gasteiger partial charge in [0.15, 0.2) is 0 Å². The molecular weight excluding hydrogens is 286 g/mol. The van der Waals surface area contributed by atoms with Crippen LogP contribution in [0.5, 0.6) is 5.75 Å². The summed E-state index contributed by atoms with van der Waals surface area (Å²) in [6.07, 6.45) is 0. The quantitative estimate of drug-likeness (QED) is 0.875. The number of para-hydroxylation sites is 2. The highest BCUT2D eigenvalue weighted by Crippen LogP contribution is 2.40. The summed E-state index contributed by atoms with van der Waals surface area (Å²) in [6.45, 7) is 2.50. The Morgan fingerprint density at radius 1 is 1.10 bits per heavy atom. The maximum Gasteiger partial charge on any atom is 0.268 e. The van der Waals surface area contributed by atoms with Gasteiger partial charge in [-0.3, -0.25) is 4.31 Å². The summed E-state index contributed by atoms with van der Waals surface area (Å²) in [5.41, 5.74) is 1.83. The van der Waals surface area contributed by atoms with Crippen LogP contribution in [0.1, 0.15) is 18.4 Å². The van der Waals surface area contributed by atoms with E-state index in [9.17, 15) is 8.42 Å². The van der Waals surface area contributed by atoms with Crippen LogP contribution in [-0.2, 0) is 10.0 Å². The van der Waals surface area contributed by atoms with Crippen molar-refractivity contribution in [3.63, 3.8) is 0 Å². The molecule has 5 heteroatoms. The molecule has 0 aromatic heterocycles. The molecule has 1 unspecified atom stereocenters. The lowest BCUT2D eigenvalue weighted by Gasteiger charge is -2.21. The van der Waals surface area contributed by atoms with Crippen LogP contribution in [0.15, 0.2) is 53.4 Å². The average molecular weight is 303 g/mol. The Balaban J connectivity index is 2.13. The predicted molar refractivity (Wildman–Crippen MR) is 82.4 cm³/mol. The van der Waals surface area contributed by atoms with Gasteiger partial charge in [-0.2, -0.15) is 0 Å². The van der Waals surface area contributed by atoms with E-state index >= 15 is 0 Å². The van der Waals surface area contributed by atoms with Gasteiger partial charge in [0.1, 0.15) is 10.6 Å². The van der Waals surface area contributed by atoms with E-state index in [0.29, 0.717) is 12.3 Å². The van der Waals surface area contributed by atoms with Crippen molar-refractivity contribution in [2.45, 2.75) is 17.7 Å². The largest absolute Gasteiger partial charge is 0.495 e. The molecule has 1 aliphatic heterocycles. The van der Waals surface area contributed by atoms with Crippen molar-refractivity contribution in [2.24, 2.45) is 0 Å². The summed E-state index contributed by atoms with van der Waals surface area (Å²) in [4.78, 5) is 0.205. The van der Waals surface area contributed by atoms with Gasteiger partial charge in [-0.25, -0.2) is 8.42 Å². The SMILES string of the molecule is COc1ccccc1S(=O)(=O)N1CC(C)c2ccccc21. The highest BCUT2D eigenvalue weighted by Gasteiger charge is 2.35. The number of benzene rings is 2. The number of methoxy groups -OCH3 is 1. The molecule has 0 saturated heterocycles. The van der Waals surface area contributed by atoms with Crippen molar-refractivity contribution in [2.75, 3.05) is 18.0 Å². The van der Waals surface area contributed by atoms with E-state index in [4.69, 9.17) is 4.74 Å². The van der Waals surface area contributed by atoms with E-state index < -0.39 is 10.0 Å². The highest BCUT2D eigenvalue weighted by atomic mass is 32.2. The third-order valence-corrected chi connectivity index (χ3v) is 5.63. The van der Waals surface area contributed by atoms with Gasteiger partial charge in [-0.1, -0.05) is 37.3 Å². The molecule has 0 saturated carbocycles. The fraction of sp³-hybridized carbons (Fsp3) is 0.250. The van der Waals surface area contributed by atoms with Gasteiger partial charge in [0, 0.05) is 12.5 Å². The molecule has 1 heterocycles. The van der Waals surface area contributed by atoms with Gasteiger partial charge in [0.25, 0.3) is 10.0 Å². The normalized spacial score (nSPS) is 17.6. The molecule has 0 spiro atoms. The van der Waals surface area contributed by atoms with Gasteiger partial charge in [0.05, 0.1) is 12.8 Å². The Morgan fingerprint density at radius 2 is 1.76 bits per heavy atom. The Bertz CT molecular complexity index is 771. The summed E-state index contributed by atoms with van der Waals surface area (Å²) in [6, 6.07) is 14.4. The first-order valence-electron chi connectivity index (χ1n) is 6.80. The van der Waals surface area contributed by atoms with Crippen molar-refractivity contribution in [1.82, 2.24) is 0 Å². The zero-order chi connectivity index (χ0) is 15.0. The first-order chi connectivity index (χ1) is 10.1. The molecule has 0 bridgehead atoms. The fourth-order valence-electron chi connectivity index (χ4n) is 2.76. The van der Waals surface area contributed by atoms with Crippen LogP contribution in [0.4, 0.5) is 5.69 Å². The lowest BCUT2D eigenvalue weighted by atomic mass is 10.0. The Morgan fingerprint density at radius 3 is 2.52 bits per heavy atom. The zero-order valence-corrected chi connectivity index (χ0v) is 12.8. The summed E-state index contributed by atoms with van der Waals surface area (Å²) in [5, 5.41) is 0. The van der Waals surface area contributed by atoms with Crippen LogP contribution in [-0.4, -0.2) is 22.1 Å². The first-order valence-corrected chi connectivity index (χ1v) is 8.24. The fourth-order valence-corrected chi connectivity index (χ4v) is 4.49. The molecule has 1 atom stereocenters. The number of nitrogens with zero attached hydrogens (tertiary/aromatic N) is 1. The second-order valence-corrected chi connectivity index (χ2v) is 6.98. The number of hydrogen-bond acceptors (Lipinski definition) is 3. The zero-order valence-electron chi connectivity index (χ0n) is 12.0. The Labute approximate surface area is 125 Å². The standard InChI is InChI=1S/C16H17NO3S/c1-12-11-17(14-8-4-3-7-13(12)14)21(18,19)16-10-6-5-9-15(16)20-2/h3-10,12H,11H2,1-2H3. The van der Waals surface area contributed by atoms with Crippen molar-refractivity contribution in [3.05, 3.63) is 54.1 Å². The van der Waals surface area contributed by atoms with Gasteiger partial charge >= 0.3 is 0 Å². The average Bonchev–Trinajstić information content (AvgIpc) is 2.85. The minimum Gasteiger partial charge on any atom is -0.495 e. The van der Waals surface area contributed by atoms with Crippen molar-refractivity contribution < 1.29 is 13.2 Å². The van der Waals surface area contributed by atoms with Crippen molar-refractivity contribution in [3.8, 4) is 5.75 Å². The first kappa shape index (κ1) is 13.9. The molecule has 21 heavy (non-hydrogen) atoms. The molecule has 2 aromatic carbocycles. The summed E-state index contributed by atoms with van der Waals surface area (Å²) in [7, 11) is -2.14. The second kappa shape index (κ2) is 5.07. The van der Waals surface area contributed by atoms with Crippen LogP contribution in [0, 0.1) is 0 Å². The highest BCUT2D eigenvalue weighted by molar-refractivity contribution is 7.93. The Hall–Kier alpha value is -2.01. The van der Waals surface area contributed by atoms with Gasteiger partial charge < -0.3 is 4.74 Å². The molecule has 0 aliphatic carbocycles. The summed E-state index contributed by atoms with van der Waals surface area (Å²) < 4.78 is 32.6. The summed E-state index contributed by atoms with van der Waals surface area (Å²) >= 11 is 0. The maximum absolute atomic E-state index is 13.0. The minimum absolute atomic E-state index is 0.186. The minimum atomic E-state index is -3.62. The second-order valence-electron chi connectivity index (χ2n) is 5.15. The van der Waals surface area contributed by atoms with Gasteiger partial charge in [-0.05, 0) is 23.8 Å². The van der Waals surface area contributed by atoms with Crippen molar-refractivity contribution in [1.29, 1.82) is 0 Å². The van der Waals surface area contributed by atoms with E-state index in [0.717, 1.165) is 11.3 Å². The Kier molecular flexibility index (Phi) is 3.37. The van der Waals surface area contributed by atoms with E-state index in [1.54, 1.807) is 24.3 Å². The van der Waals surface area contributed by atoms with Crippen LogP contribution < -0.4 is 9.04 Å². The number of anilines is 1. The molecule has 4 nitrogen and oxygen atoms in total. The molecule has 0 radical (unpaired) electrons. The monoisotopic (exact) mass is 303 g/mol. The van der Waals surface area contributed by atoms with Crippen LogP contribution >= 0.6 is 0 Å². The third kappa shape index (κ3) is 2.17.